The fraction of sp³-hybridized carbons (Fsp3) is 0.190. The highest BCUT2D eigenvalue weighted by molar-refractivity contribution is 5.91. The van der Waals surface area contributed by atoms with Gasteiger partial charge in [-0.3, -0.25) is 19.7 Å². The smallest absolute Gasteiger partial charge is 0.271 e. The van der Waals surface area contributed by atoms with E-state index >= 15 is 0 Å². The summed E-state index contributed by atoms with van der Waals surface area (Å²) in [5.74, 6) is -0.498. The van der Waals surface area contributed by atoms with Crippen LogP contribution in [-0.4, -0.2) is 20.6 Å². The Morgan fingerprint density at radius 2 is 1.86 bits per heavy atom. The summed E-state index contributed by atoms with van der Waals surface area (Å²) in [5, 5.41) is 17.8. The maximum Gasteiger partial charge on any atom is 0.271 e. The molecule has 29 heavy (non-hydrogen) atoms. The van der Waals surface area contributed by atoms with Gasteiger partial charge in [0.05, 0.1) is 16.3 Å². The zero-order valence-corrected chi connectivity index (χ0v) is 16.1. The number of rotatable bonds is 6. The number of aryl methyl sites for hydroxylation is 2. The second-order valence-electron chi connectivity index (χ2n) is 6.57. The van der Waals surface area contributed by atoms with Gasteiger partial charge in [0.2, 0.25) is 5.91 Å². The number of nitro benzene ring substituents is 1. The molecule has 0 spiro atoms. The van der Waals surface area contributed by atoms with Crippen LogP contribution in [0.3, 0.4) is 0 Å². The number of nitrogens with one attached hydrogen (secondary N) is 1. The molecule has 0 aliphatic heterocycles. The van der Waals surface area contributed by atoms with Gasteiger partial charge in [-0.15, -0.1) is 0 Å². The average molecular weight is 392 g/mol. The van der Waals surface area contributed by atoms with Crippen LogP contribution in [0.2, 0.25) is 0 Å². The summed E-state index contributed by atoms with van der Waals surface area (Å²) in [5.41, 5.74) is 3.06. The molecule has 1 N–H and O–H groups in total. The Morgan fingerprint density at radius 1 is 1.14 bits per heavy atom. The summed E-state index contributed by atoms with van der Waals surface area (Å²) in [4.78, 5) is 35.0. The van der Waals surface area contributed by atoms with Crippen LogP contribution in [0, 0.1) is 17.0 Å². The van der Waals surface area contributed by atoms with Crippen molar-refractivity contribution >= 4 is 17.3 Å². The molecule has 0 aliphatic rings. The van der Waals surface area contributed by atoms with Crippen LogP contribution in [0.5, 0.6) is 0 Å². The number of nitrogens with zero attached hydrogens (tertiary/aromatic N) is 3. The lowest BCUT2D eigenvalue weighted by atomic mass is 10.1. The van der Waals surface area contributed by atoms with E-state index in [1.165, 1.54) is 23.8 Å². The third kappa shape index (κ3) is 4.73. The van der Waals surface area contributed by atoms with Crippen molar-refractivity contribution < 1.29 is 9.72 Å². The molecule has 0 fully saturated rings. The van der Waals surface area contributed by atoms with Crippen molar-refractivity contribution in [2.75, 3.05) is 5.32 Å². The van der Waals surface area contributed by atoms with Crippen LogP contribution >= 0.6 is 0 Å². The molecule has 0 unspecified atom stereocenters. The van der Waals surface area contributed by atoms with Crippen molar-refractivity contribution in [1.29, 1.82) is 0 Å². The number of hydrogen-bond donors (Lipinski definition) is 1. The van der Waals surface area contributed by atoms with Crippen molar-refractivity contribution in [3.63, 3.8) is 0 Å². The molecule has 8 heteroatoms. The third-order valence-corrected chi connectivity index (χ3v) is 4.52. The van der Waals surface area contributed by atoms with E-state index in [1.54, 1.807) is 19.1 Å². The lowest BCUT2D eigenvalue weighted by Gasteiger charge is -2.10. The summed E-state index contributed by atoms with van der Waals surface area (Å²) in [7, 11) is 0. The summed E-state index contributed by atoms with van der Waals surface area (Å²) in [6.07, 6.45) is 0.921. The summed E-state index contributed by atoms with van der Waals surface area (Å²) >= 11 is 0. The van der Waals surface area contributed by atoms with Gasteiger partial charge >= 0.3 is 0 Å². The molecule has 1 aromatic heterocycles. The van der Waals surface area contributed by atoms with Gasteiger partial charge in [-0.05, 0) is 30.5 Å². The maximum atomic E-state index is 12.4. The Labute approximate surface area is 167 Å². The molecule has 0 bridgehead atoms. The fourth-order valence-electron chi connectivity index (χ4n) is 2.81. The maximum absolute atomic E-state index is 12.4. The molecular formula is C21H20N4O4. The molecule has 1 amide bonds. The largest absolute Gasteiger partial charge is 0.324 e. The van der Waals surface area contributed by atoms with Crippen LogP contribution in [0.4, 0.5) is 11.4 Å². The molecule has 2 aromatic carbocycles. The van der Waals surface area contributed by atoms with Gasteiger partial charge in [0.1, 0.15) is 6.54 Å². The van der Waals surface area contributed by atoms with E-state index in [4.69, 9.17) is 0 Å². The zero-order valence-electron chi connectivity index (χ0n) is 16.1. The van der Waals surface area contributed by atoms with E-state index in [0.29, 0.717) is 16.9 Å². The minimum atomic E-state index is -0.533. The first-order valence-corrected chi connectivity index (χ1v) is 9.09. The number of non-ortho nitro benzene ring substituents is 1. The van der Waals surface area contributed by atoms with Gasteiger partial charge < -0.3 is 5.32 Å². The van der Waals surface area contributed by atoms with Crippen LogP contribution in [0.15, 0.2) is 59.4 Å². The number of carbonyl (C=O) groups is 1. The number of hydrogen-bond acceptors (Lipinski definition) is 5. The van der Waals surface area contributed by atoms with Gasteiger partial charge in [-0.1, -0.05) is 37.3 Å². The van der Waals surface area contributed by atoms with Crippen molar-refractivity contribution in [3.05, 3.63) is 86.2 Å². The van der Waals surface area contributed by atoms with Gasteiger partial charge in [0.25, 0.3) is 11.2 Å². The Bertz CT molecular complexity index is 1120. The fourth-order valence-corrected chi connectivity index (χ4v) is 2.81. The van der Waals surface area contributed by atoms with Gasteiger partial charge in [-0.25, -0.2) is 4.68 Å². The summed E-state index contributed by atoms with van der Waals surface area (Å²) < 4.78 is 1.07. The van der Waals surface area contributed by atoms with E-state index in [9.17, 15) is 19.7 Å². The quantitative estimate of drug-likeness (QED) is 0.511. The van der Waals surface area contributed by atoms with E-state index in [1.807, 2.05) is 24.3 Å². The predicted octanol–water partition coefficient (Wildman–Crippen LogP) is 3.33. The number of carbonyl (C=O) groups excluding carboxylic acids is 1. The van der Waals surface area contributed by atoms with Gasteiger partial charge in [0, 0.05) is 23.8 Å². The van der Waals surface area contributed by atoms with E-state index in [-0.39, 0.29) is 12.2 Å². The molecule has 148 valence electrons. The number of anilines is 1. The van der Waals surface area contributed by atoms with Gasteiger partial charge in [0.15, 0.2) is 0 Å². The summed E-state index contributed by atoms with van der Waals surface area (Å²) in [6, 6.07) is 15.0. The van der Waals surface area contributed by atoms with Crippen molar-refractivity contribution in [1.82, 2.24) is 9.78 Å². The van der Waals surface area contributed by atoms with Crippen LogP contribution in [-0.2, 0) is 17.8 Å². The van der Waals surface area contributed by atoms with Crippen molar-refractivity contribution in [2.24, 2.45) is 0 Å². The van der Waals surface area contributed by atoms with Crippen molar-refractivity contribution in [2.45, 2.75) is 26.8 Å². The monoisotopic (exact) mass is 392 g/mol. The number of amides is 1. The molecule has 0 aliphatic carbocycles. The summed E-state index contributed by atoms with van der Waals surface area (Å²) in [6.45, 7) is 3.49. The average Bonchev–Trinajstić information content (AvgIpc) is 2.71. The molecule has 0 saturated heterocycles. The highest BCUT2D eigenvalue weighted by atomic mass is 16.6. The third-order valence-electron chi connectivity index (χ3n) is 4.52. The number of aromatic nitrogens is 2. The van der Waals surface area contributed by atoms with E-state index in [0.717, 1.165) is 16.7 Å². The first-order chi connectivity index (χ1) is 13.9. The number of benzene rings is 2. The minimum Gasteiger partial charge on any atom is -0.324 e. The Kier molecular flexibility index (Phi) is 5.82. The molecule has 0 saturated carbocycles. The standard InChI is InChI=1S/C21H20N4O4/c1-3-15-5-7-16(8-6-15)18-10-11-21(27)24(23-18)13-20(26)22-19-12-17(25(28)29)9-4-14(19)2/h4-12H,3,13H2,1-2H3,(H,22,26). The Hall–Kier alpha value is -3.81. The highest BCUT2D eigenvalue weighted by Gasteiger charge is 2.13. The molecule has 8 nitrogen and oxygen atoms in total. The molecule has 0 radical (unpaired) electrons. The second-order valence-corrected chi connectivity index (χ2v) is 6.57. The van der Waals surface area contributed by atoms with Gasteiger partial charge in [-0.2, -0.15) is 5.10 Å². The van der Waals surface area contributed by atoms with Crippen LogP contribution in [0.25, 0.3) is 11.3 Å². The molecule has 3 aromatic rings. The lowest BCUT2D eigenvalue weighted by molar-refractivity contribution is -0.384. The number of nitro groups is 1. The SMILES string of the molecule is CCc1ccc(-c2ccc(=O)n(CC(=O)Nc3cc([N+](=O)[O-])ccc3C)n2)cc1. The van der Waals surface area contributed by atoms with E-state index in [2.05, 4.69) is 17.3 Å². The molecule has 1 heterocycles. The van der Waals surface area contributed by atoms with Crippen LogP contribution < -0.4 is 10.9 Å². The molecular weight excluding hydrogens is 372 g/mol. The zero-order chi connectivity index (χ0) is 21.0. The van der Waals surface area contributed by atoms with Crippen molar-refractivity contribution in [3.8, 4) is 11.3 Å². The predicted molar refractivity (Wildman–Crippen MR) is 110 cm³/mol. The second kappa shape index (κ2) is 8.47. The van der Waals surface area contributed by atoms with Crippen LogP contribution in [0.1, 0.15) is 18.1 Å². The Morgan fingerprint density at radius 3 is 2.52 bits per heavy atom. The normalized spacial score (nSPS) is 10.6. The first-order valence-electron chi connectivity index (χ1n) is 9.09. The molecule has 3 rings (SSSR count). The highest BCUT2D eigenvalue weighted by Crippen LogP contribution is 2.22. The molecule has 0 atom stereocenters. The van der Waals surface area contributed by atoms with E-state index < -0.39 is 16.4 Å². The Balaban J connectivity index is 1.81. The first kappa shape index (κ1) is 19.9. The minimum absolute atomic E-state index is 0.126. The topological polar surface area (TPSA) is 107 Å². The lowest BCUT2D eigenvalue weighted by Crippen LogP contribution is -2.29.